The Morgan fingerprint density at radius 1 is 0.913 bits per heavy atom. The van der Waals surface area contributed by atoms with Crippen molar-refractivity contribution in [1.29, 1.82) is 0 Å². The Bertz CT molecular complexity index is 720. The van der Waals surface area contributed by atoms with Crippen LogP contribution in [0.1, 0.15) is 5.56 Å². The maximum absolute atomic E-state index is 14.0. The van der Waals surface area contributed by atoms with E-state index in [4.69, 9.17) is 0 Å². The first-order valence-electron chi connectivity index (χ1n) is 5.93. The smallest absolute Gasteiger partial charge is 0.508 e. The molecule has 0 heterocycles. The van der Waals surface area contributed by atoms with Crippen molar-refractivity contribution >= 4 is 0 Å². The summed E-state index contributed by atoms with van der Waals surface area (Å²) in [7, 11) is 0. The summed E-state index contributed by atoms with van der Waals surface area (Å²) in [5, 5.41) is 9.38. The van der Waals surface area contributed by atoms with Crippen LogP contribution >= 0.6 is 0 Å². The Morgan fingerprint density at radius 2 is 1.57 bits per heavy atom. The number of benzene rings is 2. The lowest BCUT2D eigenvalue weighted by Crippen LogP contribution is -2.17. The molecule has 0 amide bonds. The number of rotatable bonds is 2. The summed E-state index contributed by atoms with van der Waals surface area (Å²) in [4.78, 5) is 0. The molecule has 0 bridgehead atoms. The summed E-state index contributed by atoms with van der Waals surface area (Å²) in [6.45, 7) is 0. The van der Waals surface area contributed by atoms with Gasteiger partial charge in [-0.2, -0.15) is 13.2 Å². The number of hydrogen-bond donors (Lipinski definition) is 1. The molecule has 2 aromatic carbocycles. The highest BCUT2D eigenvalue weighted by atomic mass is 19.4. The highest BCUT2D eigenvalue weighted by molar-refractivity contribution is 5.68. The van der Waals surface area contributed by atoms with E-state index in [9.17, 15) is 35.8 Å². The van der Waals surface area contributed by atoms with Crippen molar-refractivity contribution in [3.05, 3.63) is 47.8 Å². The van der Waals surface area contributed by atoms with E-state index >= 15 is 0 Å². The minimum Gasteiger partial charge on any atom is -0.508 e. The fourth-order valence-electron chi connectivity index (χ4n) is 1.91. The predicted octanol–water partition coefficient (Wildman–Crippen LogP) is 5.12. The zero-order chi connectivity index (χ0) is 17.4. The van der Waals surface area contributed by atoms with E-state index in [-0.39, 0.29) is 0 Å². The first-order valence-corrected chi connectivity index (χ1v) is 5.93. The molecule has 9 heteroatoms. The van der Waals surface area contributed by atoms with Gasteiger partial charge in [-0.25, -0.2) is 4.39 Å². The largest absolute Gasteiger partial charge is 0.573 e. The molecular weight excluding hydrogens is 333 g/mol. The molecule has 124 valence electrons. The van der Waals surface area contributed by atoms with Crippen molar-refractivity contribution in [3.63, 3.8) is 0 Å². The second kappa shape index (κ2) is 5.64. The van der Waals surface area contributed by atoms with Gasteiger partial charge >= 0.3 is 12.5 Å². The molecule has 0 aliphatic rings. The van der Waals surface area contributed by atoms with Crippen LogP contribution in [0.3, 0.4) is 0 Å². The van der Waals surface area contributed by atoms with Crippen molar-refractivity contribution in [2.24, 2.45) is 0 Å². The number of hydrogen-bond acceptors (Lipinski definition) is 2. The monoisotopic (exact) mass is 340 g/mol. The van der Waals surface area contributed by atoms with Crippen molar-refractivity contribution < 1.29 is 40.6 Å². The van der Waals surface area contributed by atoms with Crippen molar-refractivity contribution in [2.45, 2.75) is 12.5 Å². The van der Waals surface area contributed by atoms with E-state index in [2.05, 4.69) is 4.74 Å². The van der Waals surface area contributed by atoms with E-state index < -0.39 is 46.5 Å². The van der Waals surface area contributed by atoms with Gasteiger partial charge in [-0.3, -0.25) is 0 Å². The van der Waals surface area contributed by atoms with E-state index in [1.165, 1.54) is 0 Å². The van der Waals surface area contributed by atoms with Crippen LogP contribution in [0.5, 0.6) is 11.5 Å². The van der Waals surface area contributed by atoms with Gasteiger partial charge in [0.15, 0.2) is 0 Å². The standard InChI is InChI=1S/C14H7F7O2/c15-12-10(2-1-3-11(12)13(16,17)18)7-4-8(22)6-9(5-7)23-14(19,20)21/h1-6,22H. The molecule has 0 aromatic heterocycles. The molecular formula is C14H7F7O2. The number of phenols is 1. The Labute approximate surface area is 124 Å². The Hall–Kier alpha value is -2.45. The van der Waals surface area contributed by atoms with Gasteiger partial charge in [0.2, 0.25) is 0 Å². The van der Waals surface area contributed by atoms with E-state index in [1.807, 2.05) is 0 Å². The van der Waals surface area contributed by atoms with Gasteiger partial charge in [0.25, 0.3) is 0 Å². The van der Waals surface area contributed by atoms with E-state index in [0.29, 0.717) is 18.2 Å². The van der Waals surface area contributed by atoms with Crippen LogP contribution in [0.2, 0.25) is 0 Å². The Morgan fingerprint density at radius 3 is 2.13 bits per heavy atom. The third kappa shape index (κ3) is 4.05. The lowest BCUT2D eigenvalue weighted by atomic mass is 10.0. The summed E-state index contributed by atoms with van der Waals surface area (Å²) in [6, 6.07) is 4.43. The minimum absolute atomic E-state index is 0.396. The Kier molecular flexibility index (Phi) is 4.14. The normalized spacial score (nSPS) is 12.3. The van der Waals surface area contributed by atoms with Crippen LogP contribution < -0.4 is 4.74 Å². The topological polar surface area (TPSA) is 29.5 Å². The minimum atomic E-state index is -5.07. The third-order valence-electron chi connectivity index (χ3n) is 2.74. The van der Waals surface area contributed by atoms with E-state index in [0.717, 1.165) is 18.2 Å². The lowest BCUT2D eigenvalue weighted by Gasteiger charge is -2.13. The lowest BCUT2D eigenvalue weighted by molar-refractivity contribution is -0.274. The summed E-state index contributed by atoms with van der Waals surface area (Å²) in [5.41, 5.74) is -2.59. The zero-order valence-electron chi connectivity index (χ0n) is 11.0. The van der Waals surface area contributed by atoms with Crippen molar-refractivity contribution in [1.82, 2.24) is 0 Å². The molecule has 0 aliphatic heterocycles. The molecule has 2 aromatic rings. The number of phenolic OH excluding ortho intramolecular Hbond substituents is 1. The van der Waals surface area contributed by atoms with Crippen LogP contribution in [0.25, 0.3) is 11.1 Å². The number of halogens is 7. The van der Waals surface area contributed by atoms with Gasteiger partial charge in [0, 0.05) is 11.6 Å². The highest BCUT2D eigenvalue weighted by Gasteiger charge is 2.35. The fraction of sp³-hybridized carbons (Fsp3) is 0.143. The zero-order valence-corrected chi connectivity index (χ0v) is 11.0. The third-order valence-corrected chi connectivity index (χ3v) is 2.74. The van der Waals surface area contributed by atoms with E-state index in [1.54, 1.807) is 0 Å². The molecule has 0 radical (unpaired) electrons. The van der Waals surface area contributed by atoms with Crippen LogP contribution in [0.15, 0.2) is 36.4 Å². The summed E-state index contributed by atoms with van der Waals surface area (Å²) >= 11 is 0. The number of ether oxygens (including phenoxy) is 1. The first-order chi connectivity index (χ1) is 10.5. The molecule has 1 N–H and O–H groups in total. The van der Waals surface area contributed by atoms with Crippen LogP contribution in [-0.2, 0) is 6.18 Å². The molecule has 2 nitrogen and oxygen atoms in total. The van der Waals surface area contributed by atoms with Gasteiger partial charge in [0.1, 0.15) is 17.3 Å². The SMILES string of the molecule is Oc1cc(OC(F)(F)F)cc(-c2cccc(C(F)(F)F)c2F)c1. The molecule has 0 aliphatic carbocycles. The molecule has 0 atom stereocenters. The average Bonchev–Trinajstić information content (AvgIpc) is 2.34. The number of aromatic hydroxyl groups is 1. The molecule has 0 fully saturated rings. The molecule has 0 saturated heterocycles. The van der Waals surface area contributed by atoms with Gasteiger partial charge in [0.05, 0.1) is 5.56 Å². The highest BCUT2D eigenvalue weighted by Crippen LogP contribution is 2.38. The maximum atomic E-state index is 14.0. The average molecular weight is 340 g/mol. The summed E-state index contributed by atoms with van der Waals surface area (Å²) < 4.78 is 92.1. The summed E-state index contributed by atoms with van der Waals surface area (Å²) in [5.74, 6) is -3.27. The van der Waals surface area contributed by atoms with Gasteiger partial charge in [-0.15, -0.1) is 13.2 Å². The van der Waals surface area contributed by atoms with Gasteiger partial charge in [-0.05, 0) is 23.8 Å². The predicted molar refractivity (Wildman–Crippen MR) is 65.2 cm³/mol. The maximum Gasteiger partial charge on any atom is 0.573 e. The molecule has 0 unspecified atom stereocenters. The van der Waals surface area contributed by atoms with Crippen LogP contribution in [-0.4, -0.2) is 11.5 Å². The van der Waals surface area contributed by atoms with Gasteiger partial charge in [-0.1, -0.05) is 12.1 Å². The quantitative estimate of drug-likeness (QED) is 0.770. The van der Waals surface area contributed by atoms with Crippen molar-refractivity contribution in [3.8, 4) is 22.6 Å². The van der Waals surface area contributed by atoms with Gasteiger partial charge < -0.3 is 9.84 Å². The first kappa shape index (κ1) is 16.9. The second-order valence-electron chi connectivity index (χ2n) is 4.43. The molecule has 2 rings (SSSR count). The van der Waals surface area contributed by atoms with Crippen molar-refractivity contribution in [2.75, 3.05) is 0 Å². The molecule has 0 spiro atoms. The fourth-order valence-corrected chi connectivity index (χ4v) is 1.91. The number of alkyl halides is 6. The molecule has 0 saturated carbocycles. The Balaban J connectivity index is 2.55. The van der Waals surface area contributed by atoms with Crippen LogP contribution in [0.4, 0.5) is 30.7 Å². The summed E-state index contributed by atoms with van der Waals surface area (Å²) in [6.07, 6.45) is -10.0. The molecule has 23 heavy (non-hydrogen) atoms. The van der Waals surface area contributed by atoms with Crippen LogP contribution in [0, 0.1) is 5.82 Å². The second-order valence-corrected chi connectivity index (χ2v) is 4.43.